The predicted molar refractivity (Wildman–Crippen MR) is 68.5 cm³/mol. The Morgan fingerprint density at radius 3 is 3.00 bits per heavy atom. The summed E-state index contributed by atoms with van der Waals surface area (Å²) >= 11 is 0. The summed E-state index contributed by atoms with van der Waals surface area (Å²) < 4.78 is 0. The largest absolute Gasteiger partial charge is 0.356 e. The van der Waals surface area contributed by atoms with E-state index in [2.05, 4.69) is 17.2 Å². The molecule has 17 heavy (non-hydrogen) atoms. The molecule has 0 spiro atoms. The van der Waals surface area contributed by atoms with Gasteiger partial charge in [0.1, 0.15) is 0 Å². The van der Waals surface area contributed by atoms with Crippen molar-refractivity contribution >= 4 is 5.91 Å². The van der Waals surface area contributed by atoms with E-state index in [0.717, 1.165) is 25.0 Å². The van der Waals surface area contributed by atoms with Gasteiger partial charge < -0.3 is 11.1 Å². The Morgan fingerprint density at radius 1 is 1.53 bits per heavy atom. The highest BCUT2D eigenvalue weighted by molar-refractivity contribution is 5.76. The summed E-state index contributed by atoms with van der Waals surface area (Å²) in [7, 11) is 0. The minimum Gasteiger partial charge on any atom is -0.356 e. The van der Waals surface area contributed by atoms with E-state index in [1.54, 1.807) is 6.20 Å². The smallest absolute Gasteiger partial charge is 0.221 e. The number of nitrogens with two attached hydrogens (primary N) is 1. The molecule has 1 amide bonds. The fourth-order valence-corrected chi connectivity index (χ4v) is 1.66. The first-order valence-electron chi connectivity index (χ1n) is 6.14. The highest BCUT2D eigenvalue weighted by atomic mass is 16.1. The molecule has 0 aliphatic rings. The summed E-state index contributed by atoms with van der Waals surface area (Å²) in [5, 5.41) is 2.86. The van der Waals surface area contributed by atoms with Crippen LogP contribution in [0.15, 0.2) is 24.4 Å². The Kier molecular flexibility index (Phi) is 6.25. The van der Waals surface area contributed by atoms with E-state index in [4.69, 9.17) is 5.73 Å². The predicted octanol–water partition coefficient (Wildman–Crippen LogP) is 1.26. The fraction of sp³-hybridized carbons (Fsp3) is 0.538. The highest BCUT2D eigenvalue weighted by Gasteiger charge is 2.07. The van der Waals surface area contributed by atoms with Crippen molar-refractivity contribution in [1.82, 2.24) is 10.3 Å². The molecule has 4 heteroatoms. The highest BCUT2D eigenvalue weighted by Crippen LogP contribution is 1.98. The van der Waals surface area contributed by atoms with Gasteiger partial charge in [-0.2, -0.15) is 0 Å². The summed E-state index contributed by atoms with van der Waals surface area (Å²) in [6.07, 6.45) is 4.84. The van der Waals surface area contributed by atoms with Gasteiger partial charge in [-0.05, 0) is 18.6 Å². The molecule has 0 aromatic carbocycles. The quantitative estimate of drug-likeness (QED) is 0.747. The molecule has 1 atom stereocenters. The van der Waals surface area contributed by atoms with Gasteiger partial charge >= 0.3 is 0 Å². The number of carbonyl (C=O) groups is 1. The average Bonchev–Trinajstić information content (AvgIpc) is 2.30. The van der Waals surface area contributed by atoms with Gasteiger partial charge in [-0.15, -0.1) is 0 Å². The molecule has 4 nitrogen and oxygen atoms in total. The summed E-state index contributed by atoms with van der Waals surface area (Å²) in [6, 6.07) is 5.76. The van der Waals surface area contributed by atoms with Crippen LogP contribution >= 0.6 is 0 Å². The van der Waals surface area contributed by atoms with Gasteiger partial charge in [-0.1, -0.05) is 19.4 Å². The zero-order valence-corrected chi connectivity index (χ0v) is 10.4. The molecule has 0 fully saturated rings. The molecule has 0 saturated carbocycles. The molecule has 1 heterocycles. The van der Waals surface area contributed by atoms with Crippen LogP contribution in [0.5, 0.6) is 0 Å². The Balaban J connectivity index is 2.16. The van der Waals surface area contributed by atoms with E-state index in [-0.39, 0.29) is 11.9 Å². The van der Waals surface area contributed by atoms with E-state index >= 15 is 0 Å². The SMILES string of the molecule is CCCC(N)CC(=O)NCCc1ccccn1. The number of nitrogens with zero attached hydrogens (tertiary/aromatic N) is 1. The first-order valence-corrected chi connectivity index (χ1v) is 6.14. The van der Waals surface area contributed by atoms with Crippen LogP contribution in [0.25, 0.3) is 0 Å². The van der Waals surface area contributed by atoms with Gasteiger partial charge in [0.15, 0.2) is 0 Å². The normalized spacial score (nSPS) is 12.1. The minimum atomic E-state index is -0.0187. The molecule has 0 radical (unpaired) electrons. The number of hydrogen-bond acceptors (Lipinski definition) is 3. The van der Waals surface area contributed by atoms with Gasteiger partial charge in [-0.3, -0.25) is 9.78 Å². The zero-order valence-electron chi connectivity index (χ0n) is 10.4. The third-order valence-corrected chi connectivity index (χ3v) is 2.54. The number of hydrogen-bond donors (Lipinski definition) is 2. The first-order chi connectivity index (χ1) is 8.22. The lowest BCUT2D eigenvalue weighted by atomic mass is 10.1. The standard InChI is InChI=1S/C13H21N3O/c1-2-5-11(14)10-13(17)16-9-7-12-6-3-4-8-15-12/h3-4,6,8,11H,2,5,7,9-10,14H2,1H3,(H,16,17). The number of pyridine rings is 1. The molecule has 1 rings (SSSR count). The van der Waals surface area contributed by atoms with Gasteiger partial charge in [0.2, 0.25) is 5.91 Å². The second-order valence-corrected chi connectivity index (χ2v) is 4.17. The first kappa shape index (κ1) is 13.6. The molecule has 0 aliphatic heterocycles. The molecule has 3 N–H and O–H groups in total. The fourth-order valence-electron chi connectivity index (χ4n) is 1.66. The topological polar surface area (TPSA) is 68.0 Å². The van der Waals surface area contributed by atoms with Crippen LogP contribution in [0.1, 0.15) is 31.9 Å². The maximum atomic E-state index is 11.5. The average molecular weight is 235 g/mol. The Hall–Kier alpha value is -1.42. The van der Waals surface area contributed by atoms with Crippen molar-refractivity contribution < 1.29 is 4.79 Å². The zero-order chi connectivity index (χ0) is 12.5. The molecule has 1 unspecified atom stereocenters. The summed E-state index contributed by atoms with van der Waals surface area (Å²) in [6.45, 7) is 2.69. The van der Waals surface area contributed by atoms with Gasteiger partial charge in [0, 0.05) is 37.3 Å². The molecule has 1 aromatic heterocycles. The molecule has 0 saturated heterocycles. The van der Waals surface area contributed by atoms with Crippen molar-refractivity contribution in [3.63, 3.8) is 0 Å². The van der Waals surface area contributed by atoms with Gasteiger partial charge in [0.05, 0.1) is 0 Å². The number of aromatic nitrogens is 1. The van der Waals surface area contributed by atoms with Gasteiger partial charge in [0.25, 0.3) is 0 Å². The van der Waals surface area contributed by atoms with E-state index in [1.165, 1.54) is 0 Å². The van der Waals surface area contributed by atoms with Crippen molar-refractivity contribution in [3.8, 4) is 0 Å². The maximum absolute atomic E-state index is 11.5. The Labute approximate surface area is 103 Å². The number of nitrogens with one attached hydrogen (secondary N) is 1. The monoisotopic (exact) mass is 235 g/mol. The number of amides is 1. The summed E-state index contributed by atoms with van der Waals surface area (Å²) in [4.78, 5) is 15.7. The lowest BCUT2D eigenvalue weighted by Crippen LogP contribution is -2.32. The van der Waals surface area contributed by atoms with Crippen LogP contribution < -0.4 is 11.1 Å². The second-order valence-electron chi connectivity index (χ2n) is 4.17. The van der Waals surface area contributed by atoms with Crippen molar-refractivity contribution in [3.05, 3.63) is 30.1 Å². The van der Waals surface area contributed by atoms with Crippen LogP contribution in [-0.2, 0) is 11.2 Å². The minimum absolute atomic E-state index is 0.0187. The van der Waals surface area contributed by atoms with Crippen molar-refractivity contribution in [2.24, 2.45) is 5.73 Å². The third-order valence-electron chi connectivity index (χ3n) is 2.54. The molecular weight excluding hydrogens is 214 g/mol. The summed E-state index contributed by atoms with van der Waals surface area (Å²) in [5.74, 6) is 0.0295. The van der Waals surface area contributed by atoms with Gasteiger partial charge in [-0.25, -0.2) is 0 Å². The second kappa shape index (κ2) is 7.79. The van der Waals surface area contributed by atoms with Crippen LogP contribution in [0.3, 0.4) is 0 Å². The molecular formula is C13H21N3O. The molecule has 0 bridgehead atoms. The van der Waals surface area contributed by atoms with Crippen molar-refractivity contribution in [2.45, 2.75) is 38.6 Å². The Morgan fingerprint density at radius 2 is 2.35 bits per heavy atom. The lowest BCUT2D eigenvalue weighted by Gasteiger charge is -2.10. The van der Waals surface area contributed by atoms with Crippen LogP contribution in [-0.4, -0.2) is 23.5 Å². The van der Waals surface area contributed by atoms with E-state index in [0.29, 0.717) is 13.0 Å². The number of carbonyl (C=O) groups excluding carboxylic acids is 1. The van der Waals surface area contributed by atoms with Crippen LogP contribution in [0, 0.1) is 0 Å². The molecule has 94 valence electrons. The molecule has 0 aliphatic carbocycles. The van der Waals surface area contributed by atoms with Crippen molar-refractivity contribution in [2.75, 3.05) is 6.54 Å². The van der Waals surface area contributed by atoms with Crippen LogP contribution in [0.2, 0.25) is 0 Å². The third kappa shape index (κ3) is 6.02. The van der Waals surface area contributed by atoms with Crippen LogP contribution in [0.4, 0.5) is 0 Å². The van der Waals surface area contributed by atoms with E-state index in [9.17, 15) is 4.79 Å². The van der Waals surface area contributed by atoms with Crippen molar-refractivity contribution in [1.29, 1.82) is 0 Å². The molecule has 1 aromatic rings. The lowest BCUT2D eigenvalue weighted by molar-refractivity contribution is -0.121. The van der Waals surface area contributed by atoms with E-state index in [1.807, 2.05) is 18.2 Å². The maximum Gasteiger partial charge on any atom is 0.221 e. The summed E-state index contributed by atoms with van der Waals surface area (Å²) in [5.41, 5.74) is 6.79. The Bertz CT molecular complexity index is 327. The number of rotatable bonds is 7. The van der Waals surface area contributed by atoms with E-state index < -0.39 is 0 Å².